The molecule has 0 saturated heterocycles. The van der Waals surface area contributed by atoms with Crippen LogP contribution in [0.5, 0.6) is 0 Å². The van der Waals surface area contributed by atoms with Gasteiger partial charge in [-0.2, -0.15) is 0 Å². The molecule has 0 radical (unpaired) electrons. The molecule has 0 saturated carbocycles. The summed E-state index contributed by atoms with van der Waals surface area (Å²) >= 11 is 1.74. The Bertz CT molecular complexity index is 1140. The van der Waals surface area contributed by atoms with Crippen LogP contribution in [0.15, 0.2) is 60.0 Å². The number of aryl methyl sites for hydroxylation is 1. The normalized spacial score (nSPS) is 15.4. The van der Waals surface area contributed by atoms with Crippen molar-refractivity contribution in [2.45, 2.75) is 33.2 Å². The van der Waals surface area contributed by atoms with E-state index in [4.69, 9.17) is 0 Å². The Hall–Kier alpha value is -2.99. The van der Waals surface area contributed by atoms with Crippen molar-refractivity contribution in [1.82, 2.24) is 9.80 Å². The van der Waals surface area contributed by atoms with E-state index in [0.29, 0.717) is 18.7 Å². The zero-order valence-electron chi connectivity index (χ0n) is 19.3. The molecule has 172 valence electrons. The van der Waals surface area contributed by atoms with E-state index in [1.165, 1.54) is 34.7 Å². The summed E-state index contributed by atoms with van der Waals surface area (Å²) < 4.78 is 13.4. The average molecular weight is 465 g/mol. The first-order chi connectivity index (χ1) is 15.8. The average Bonchev–Trinajstić information content (AvgIpc) is 3.27. The Morgan fingerprint density at radius 3 is 2.52 bits per heavy atom. The van der Waals surface area contributed by atoms with Crippen molar-refractivity contribution in [3.05, 3.63) is 92.9 Å². The van der Waals surface area contributed by atoms with Gasteiger partial charge in [0.25, 0.3) is 5.91 Å². The van der Waals surface area contributed by atoms with E-state index in [1.54, 1.807) is 16.2 Å². The smallest absolute Gasteiger partial charge is 0.254 e. The van der Waals surface area contributed by atoms with Crippen molar-refractivity contribution in [2.75, 3.05) is 19.6 Å². The quantitative estimate of drug-likeness (QED) is 0.486. The Morgan fingerprint density at radius 2 is 1.82 bits per heavy atom. The first-order valence-corrected chi connectivity index (χ1v) is 12.2. The summed E-state index contributed by atoms with van der Waals surface area (Å²) in [5, 5.41) is 2.09. The van der Waals surface area contributed by atoms with Gasteiger partial charge in [-0.25, -0.2) is 4.39 Å². The number of benzene rings is 2. The largest absolute Gasteiger partial charge is 0.330 e. The van der Waals surface area contributed by atoms with Gasteiger partial charge in [-0.1, -0.05) is 38.1 Å². The lowest BCUT2D eigenvalue weighted by atomic mass is 9.90. The van der Waals surface area contributed by atoms with Crippen LogP contribution in [-0.4, -0.2) is 41.2 Å². The number of rotatable bonds is 6. The second-order valence-corrected chi connectivity index (χ2v) is 9.98. The van der Waals surface area contributed by atoms with Gasteiger partial charge in [-0.05, 0) is 71.7 Å². The van der Waals surface area contributed by atoms with Crippen molar-refractivity contribution in [2.24, 2.45) is 5.92 Å². The van der Waals surface area contributed by atoms with E-state index in [2.05, 4.69) is 30.5 Å². The molecule has 1 unspecified atom stereocenters. The van der Waals surface area contributed by atoms with Crippen LogP contribution in [0.2, 0.25) is 0 Å². The molecule has 1 atom stereocenters. The molecule has 0 bridgehead atoms. The molecule has 0 aliphatic carbocycles. The summed E-state index contributed by atoms with van der Waals surface area (Å²) in [7, 11) is 0. The van der Waals surface area contributed by atoms with Crippen molar-refractivity contribution in [3.63, 3.8) is 0 Å². The third-order valence-electron chi connectivity index (χ3n) is 6.06. The number of nitrogens with zero attached hydrogens (tertiary/aromatic N) is 2. The second kappa shape index (κ2) is 9.87. The standard InChI is InChI=1S/C27H29FN2O2S/c1-18(2)16-29(27(32)20-8-10-21(28)11-9-20)17-25(31)30-14-12-24-23(13-15-33-24)26(30)22-7-5-4-6-19(22)3/h4-11,13,15,18,26H,12,14,16-17H2,1-3H3. The van der Waals surface area contributed by atoms with E-state index < -0.39 is 0 Å². The fraction of sp³-hybridized carbons (Fsp3) is 0.333. The second-order valence-electron chi connectivity index (χ2n) is 8.98. The summed E-state index contributed by atoms with van der Waals surface area (Å²) in [5.74, 6) is -0.521. The van der Waals surface area contributed by atoms with Gasteiger partial charge in [0.05, 0.1) is 6.04 Å². The Kier molecular flexibility index (Phi) is 6.94. The van der Waals surface area contributed by atoms with E-state index >= 15 is 0 Å². The molecule has 0 spiro atoms. The van der Waals surface area contributed by atoms with Crippen molar-refractivity contribution in [1.29, 1.82) is 0 Å². The minimum absolute atomic E-state index is 0.00373. The molecular formula is C27H29FN2O2S. The lowest BCUT2D eigenvalue weighted by molar-refractivity contribution is -0.134. The molecule has 4 rings (SSSR count). The van der Waals surface area contributed by atoms with Crippen molar-refractivity contribution >= 4 is 23.2 Å². The maximum Gasteiger partial charge on any atom is 0.254 e. The lowest BCUT2D eigenvalue weighted by Crippen LogP contribution is -2.47. The highest BCUT2D eigenvalue weighted by Crippen LogP contribution is 2.39. The van der Waals surface area contributed by atoms with Gasteiger partial charge in [0, 0.05) is 23.5 Å². The van der Waals surface area contributed by atoms with Crippen LogP contribution in [0.1, 0.15) is 51.8 Å². The highest BCUT2D eigenvalue weighted by Gasteiger charge is 2.34. The Balaban J connectivity index is 1.63. The zero-order chi connectivity index (χ0) is 23.5. The topological polar surface area (TPSA) is 40.6 Å². The molecule has 1 aliphatic heterocycles. The summed E-state index contributed by atoms with van der Waals surface area (Å²) in [5.41, 5.74) is 3.82. The van der Waals surface area contributed by atoms with Gasteiger partial charge in [0.15, 0.2) is 0 Å². The monoisotopic (exact) mass is 464 g/mol. The van der Waals surface area contributed by atoms with E-state index in [9.17, 15) is 14.0 Å². The number of thiophene rings is 1. The van der Waals surface area contributed by atoms with Gasteiger partial charge < -0.3 is 9.80 Å². The molecule has 2 aromatic carbocycles. The summed E-state index contributed by atoms with van der Waals surface area (Å²) in [6.07, 6.45) is 0.817. The molecule has 4 nitrogen and oxygen atoms in total. The number of halogens is 1. The van der Waals surface area contributed by atoms with E-state index in [0.717, 1.165) is 17.5 Å². The van der Waals surface area contributed by atoms with Crippen LogP contribution in [-0.2, 0) is 11.2 Å². The molecule has 0 N–H and O–H groups in total. The Morgan fingerprint density at radius 1 is 1.09 bits per heavy atom. The SMILES string of the molecule is Cc1ccccc1C1c2ccsc2CCN1C(=O)CN(CC(C)C)C(=O)c1ccc(F)cc1. The van der Waals surface area contributed by atoms with Crippen LogP contribution in [0.4, 0.5) is 4.39 Å². The van der Waals surface area contributed by atoms with Crippen LogP contribution in [0.3, 0.4) is 0 Å². The third kappa shape index (κ3) is 5.01. The maximum absolute atomic E-state index is 13.7. The minimum atomic E-state index is -0.390. The predicted octanol–water partition coefficient (Wildman–Crippen LogP) is 5.47. The first kappa shape index (κ1) is 23.2. The third-order valence-corrected chi connectivity index (χ3v) is 7.06. The summed E-state index contributed by atoms with van der Waals surface area (Å²) in [6, 6.07) is 15.6. The van der Waals surface area contributed by atoms with Gasteiger partial charge in [0.2, 0.25) is 5.91 Å². The van der Waals surface area contributed by atoms with Crippen LogP contribution in [0.25, 0.3) is 0 Å². The molecule has 2 amide bonds. The molecule has 0 fully saturated rings. The summed E-state index contributed by atoms with van der Waals surface area (Å²) in [6.45, 7) is 7.17. The van der Waals surface area contributed by atoms with Crippen molar-refractivity contribution in [3.8, 4) is 0 Å². The zero-order valence-corrected chi connectivity index (χ0v) is 20.1. The highest BCUT2D eigenvalue weighted by atomic mass is 32.1. The van der Waals surface area contributed by atoms with Gasteiger partial charge in [-0.3, -0.25) is 9.59 Å². The molecule has 1 aromatic heterocycles. The van der Waals surface area contributed by atoms with Gasteiger partial charge >= 0.3 is 0 Å². The number of carbonyl (C=O) groups excluding carboxylic acids is 2. The van der Waals surface area contributed by atoms with Gasteiger partial charge in [-0.15, -0.1) is 11.3 Å². The maximum atomic E-state index is 13.7. The molecule has 33 heavy (non-hydrogen) atoms. The number of hydrogen-bond donors (Lipinski definition) is 0. The number of fused-ring (bicyclic) bond motifs is 1. The number of carbonyl (C=O) groups is 2. The predicted molar refractivity (Wildman–Crippen MR) is 130 cm³/mol. The highest BCUT2D eigenvalue weighted by molar-refractivity contribution is 7.10. The Labute approximate surface area is 198 Å². The fourth-order valence-corrected chi connectivity index (χ4v) is 5.41. The van der Waals surface area contributed by atoms with Crippen LogP contribution < -0.4 is 0 Å². The minimum Gasteiger partial charge on any atom is -0.330 e. The molecule has 2 heterocycles. The van der Waals surface area contributed by atoms with Crippen LogP contribution >= 0.6 is 11.3 Å². The van der Waals surface area contributed by atoms with E-state index in [1.807, 2.05) is 30.9 Å². The number of hydrogen-bond acceptors (Lipinski definition) is 3. The molecular weight excluding hydrogens is 435 g/mol. The first-order valence-electron chi connectivity index (χ1n) is 11.3. The molecule has 3 aromatic rings. The molecule has 1 aliphatic rings. The summed E-state index contributed by atoms with van der Waals surface area (Å²) in [4.78, 5) is 31.7. The van der Waals surface area contributed by atoms with Crippen LogP contribution in [0, 0.1) is 18.7 Å². The van der Waals surface area contributed by atoms with E-state index in [-0.39, 0.29) is 36.1 Å². The van der Waals surface area contributed by atoms with Gasteiger partial charge in [0.1, 0.15) is 12.4 Å². The molecule has 6 heteroatoms. The number of amides is 2. The fourth-order valence-electron chi connectivity index (χ4n) is 4.50. The van der Waals surface area contributed by atoms with Crippen molar-refractivity contribution < 1.29 is 14.0 Å². The lowest BCUT2D eigenvalue weighted by Gasteiger charge is -2.38.